The predicted octanol–water partition coefficient (Wildman–Crippen LogP) is 1.91. The van der Waals surface area contributed by atoms with E-state index in [4.69, 9.17) is 9.47 Å². The smallest absolute Gasteiger partial charge is 0.248 e. The molecular weight excluding hydrogens is 304 g/mol. The summed E-state index contributed by atoms with van der Waals surface area (Å²) >= 11 is 0. The molecule has 0 N–H and O–H groups in total. The van der Waals surface area contributed by atoms with Gasteiger partial charge < -0.3 is 19.3 Å². The highest BCUT2D eigenvalue weighted by Crippen LogP contribution is 2.41. The number of rotatable bonds is 6. The molecule has 24 heavy (non-hydrogen) atoms. The topological polar surface area (TPSA) is 42.0 Å². The van der Waals surface area contributed by atoms with Crippen molar-refractivity contribution >= 4 is 5.91 Å². The third-order valence-corrected chi connectivity index (χ3v) is 6.35. The number of hydrogen-bond acceptors (Lipinski definition) is 4. The molecule has 4 fully saturated rings. The summed E-state index contributed by atoms with van der Waals surface area (Å²) in [5, 5.41) is 0. The third-order valence-electron chi connectivity index (χ3n) is 6.35. The van der Waals surface area contributed by atoms with Gasteiger partial charge >= 0.3 is 0 Å². The van der Waals surface area contributed by atoms with E-state index < -0.39 is 0 Å². The van der Waals surface area contributed by atoms with Crippen LogP contribution in [0.5, 0.6) is 0 Å². The zero-order valence-electron chi connectivity index (χ0n) is 14.9. The van der Waals surface area contributed by atoms with Gasteiger partial charge in [-0.3, -0.25) is 4.79 Å². The van der Waals surface area contributed by atoms with E-state index >= 15 is 0 Å². The van der Waals surface area contributed by atoms with Crippen molar-refractivity contribution in [3.63, 3.8) is 0 Å². The Bertz CT molecular complexity index is 448. The van der Waals surface area contributed by atoms with E-state index in [0.29, 0.717) is 12.7 Å². The summed E-state index contributed by atoms with van der Waals surface area (Å²) in [6.07, 6.45) is 8.84. The number of amides is 1. The van der Waals surface area contributed by atoms with Crippen LogP contribution in [-0.2, 0) is 14.3 Å². The number of fused-ring (bicyclic) bond motifs is 1. The molecule has 0 aromatic rings. The fourth-order valence-electron chi connectivity index (χ4n) is 4.81. The molecular formula is C19H32N2O3. The highest BCUT2D eigenvalue weighted by atomic mass is 16.5. The lowest BCUT2D eigenvalue weighted by molar-refractivity contribution is -0.159. The Balaban J connectivity index is 1.32. The van der Waals surface area contributed by atoms with Crippen LogP contribution < -0.4 is 0 Å². The second-order valence-corrected chi connectivity index (χ2v) is 8.37. The van der Waals surface area contributed by atoms with Crippen LogP contribution in [0.2, 0.25) is 0 Å². The first-order valence-electron chi connectivity index (χ1n) is 9.95. The van der Waals surface area contributed by atoms with Crippen molar-refractivity contribution in [2.45, 2.75) is 51.0 Å². The van der Waals surface area contributed by atoms with Gasteiger partial charge in [0.1, 0.15) is 6.61 Å². The summed E-state index contributed by atoms with van der Waals surface area (Å²) in [4.78, 5) is 16.8. The van der Waals surface area contributed by atoms with Crippen molar-refractivity contribution in [2.24, 2.45) is 11.3 Å². The van der Waals surface area contributed by atoms with Gasteiger partial charge in [0.25, 0.3) is 0 Å². The van der Waals surface area contributed by atoms with E-state index in [0.717, 1.165) is 64.4 Å². The molecule has 1 saturated carbocycles. The van der Waals surface area contributed by atoms with Crippen LogP contribution in [0.3, 0.4) is 0 Å². The number of carbonyl (C=O) groups excluding carboxylic acids is 1. The van der Waals surface area contributed by atoms with Gasteiger partial charge in [0.2, 0.25) is 5.91 Å². The summed E-state index contributed by atoms with van der Waals surface area (Å²) in [7, 11) is 0. The lowest BCUT2D eigenvalue weighted by Crippen LogP contribution is -2.57. The maximum absolute atomic E-state index is 12.2. The number of nitrogens with zero attached hydrogens (tertiary/aromatic N) is 2. The Kier molecular flexibility index (Phi) is 5.11. The molecule has 136 valence electrons. The van der Waals surface area contributed by atoms with Gasteiger partial charge in [-0.25, -0.2) is 0 Å². The summed E-state index contributed by atoms with van der Waals surface area (Å²) in [5.74, 6) is 1.10. The third kappa shape index (κ3) is 3.78. The molecule has 5 nitrogen and oxygen atoms in total. The minimum atomic E-state index is 0.108. The molecule has 0 spiro atoms. The van der Waals surface area contributed by atoms with Crippen LogP contribution in [0.25, 0.3) is 0 Å². The number of ether oxygens (including phenoxy) is 2. The Morgan fingerprint density at radius 2 is 1.96 bits per heavy atom. The van der Waals surface area contributed by atoms with Crippen molar-refractivity contribution in [3.05, 3.63) is 0 Å². The molecule has 1 aliphatic carbocycles. The molecule has 4 rings (SSSR count). The van der Waals surface area contributed by atoms with Crippen molar-refractivity contribution in [3.8, 4) is 0 Å². The van der Waals surface area contributed by atoms with E-state index in [1.807, 2.05) is 4.90 Å². The van der Waals surface area contributed by atoms with Gasteiger partial charge in [0.05, 0.1) is 12.7 Å². The molecule has 5 heteroatoms. The molecule has 0 bridgehead atoms. The van der Waals surface area contributed by atoms with Gasteiger partial charge in [-0.05, 0) is 50.9 Å². The Morgan fingerprint density at radius 1 is 1.12 bits per heavy atom. The monoisotopic (exact) mass is 336 g/mol. The molecule has 4 aliphatic rings. The Morgan fingerprint density at radius 3 is 2.75 bits per heavy atom. The number of hydrogen-bond donors (Lipinski definition) is 0. The zero-order valence-corrected chi connectivity index (χ0v) is 14.9. The van der Waals surface area contributed by atoms with E-state index in [-0.39, 0.29) is 17.9 Å². The second kappa shape index (κ2) is 7.30. The molecule has 2 atom stereocenters. The van der Waals surface area contributed by atoms with E-state index in [1.54, 1.807) is 0 Å². The molecule has 0 aromatic carbocycles. The first kappa shape index (κ1) is 16.8. The lowest BCUT2D eigenvalue weighted by atomic mass is 9.73. The van der Waals surface area contributed by atoms with E-state index in [2.05, 4.69) is 4.90 Å². The molecule has 0 radical (unpaired) electrons. The van der Waals surface area contributed by atoms with Crippen molar-refractivity contribution in [1.29, 1.82) is 0 Å². The molecule has 3 heterocycles. The average Bonchev–Trinajstić information content (AvgIpc) is 3.23. The second-order valence-electron chi connectivity index (χ2n) is 8.37. The molecule has 1 amide bonds. The van der Waals surface area contributed by atoms with E-state index in [9.17, 15) is 4.79 Å². The highest BCUT2D eigenvalue weighted by Gasteiger charge is 2.46. The maximum Gasteiger partial charge on any atom is 0.248 e. The minimum absolute atomic E-state index is 0.108. The molecule has 3 aliphatic heterocycles. The van der Waals surface area contributed by atoms with Gasteiger partial charge in [-0.15, -0.1) is 0 Å². The van der Waals surface area contributed by atoms with Gasteiger partial charge in [-0.2, -0.15) is 0 Å². The molecule has 0 unspecified atom stereocenters. The summed E-state index contributed by atoms with van der Waals surface area (Å²) < 4.78 is 12.1. The number of carbonyl (C=O) groups is 1. The summed E-state index contributed by atoms with van der Waals surface area (Å²) in [6.45, 7) is 7.14. The highest BCUT2D eigenvalue weighted by molar-refractivity contribution is 5.77. The molecule has 0 aromatic heterocycles. The fourth-order valence-corrected chi connectivity index (χ4v) is 4.81. The first-order chi connectivity index (χ1) is 11.8. The maximum atomic E-state index is 12.2. The number of piperidine rings is 1. The normalized spacial score (nSPS) is 34.3. The largest absolute Gasteiger partial charge is 0.377 e. The van der Waals surface area contributed by atoms with Crippen LogP contribution in [0.1, 0.15) is 44.9 Å². The van der Waals surface area contributed by atoms with Crippen LogP contribution in [0.15, 0.2) is 0 Å². The average molecular weight is 336 g/mol. The summed E-state index contributed by atoms with van der Waals surface area (Å²) in [6, 6.07) is 0. The SMILES string of the molecule is O=C(COC[C@]12CCCO[C@H]1CCN(CC1CC1)C2)N1CCCC1. The predicted molar refractivity (Wildman–Crippen MR) is 91.8 cm³/mol. The van der Waals surface area contributed by atoms with Crippen LogP contribution >= 0.6 is 0 Å². The quantitative estimate of drug-likeness (QED) is 0.743. The lowest BCUT2D eigenvalue weighted by Gasteiger charge is -2.50. The van der Waals surface area contributed by atoms with Crippen molar-refractivity contribution in [2.75, 3.05) is 52.5 Å². The first-order valence-corrected chi connectivity index (χ1v) is 9.95. The Hall–Kier alpha value is -0.650. The molecule has 3 saturated heterocycles. The standard InChI is InChI=1S/C19H32N2O3/c22-18(21-8-1-2-9-21)13-23-15-19-7-3-11-24-17(19)6-10-20(14-19)12-16-4-5-16/h16-17H,1-15H2/t17-,19+/m0/s1. The van der Waals surface area contributed by atoms with Crippen molar-refractivity contribution in [1.82, 2.24) is 9.80 Å². The fraction of sp³-hybridized carbons (Fsp3) is 0.947. The number of likely N-dealkylation sites (tertiary alicyclic amines) is 2. The zero-order chi connectivity index (χ0) is 16.4. The summed E-state index contributed by atoms with van der Waals surface area (Å²) in [5.41, 5.74) is 0.108. The van der Waals surface area contributed by atoms with Crippen molar-refractivity contribution < 1.29 is 14.3 Å². The van der Waals surface area contributed by atoms with Crippen LogP contribution in [-0.4, -0.2) is 74.4 Å². The van der Waals surface area contributed by atoms with E-state index in [1.165, 1.54) is 25.8 Å². The van der Waals surface area contributed by atoms with Crippen LogP contribution in [0, 0.1) is 11.3 Å². The van der Waals surface area contributed by atoms with Gasteiger partial charge in [0.15, 0.2) is 0 Å². The Labute approximate surface area is 145 Å². The van der Waals surface area contributed by atoms with Gasteiger partial charge in [-0.1, -0.05) is 0 Å². The van der Waals surface area contributed by atoms with Crippen LogP contribution in [0.4, 0.5) is 0 Å². The van der Waals surface area contributed by atoms with Gasteiger partial charge in [0, 0.05) is 44.7 Å². The minimum Gasteiger partial charge on any atom is -0.377 e.